The van der Waals surface area contributed by atoms with Crippen LogP contribution in [0.3, 0.4) is 0 Å². The molecule has 0 atom stereocenters. The molecule has 66 valence electrons. The highest BCUT2D eigenvalue weighted by Gasteiger charge is 2.04. The molecule has 0 fully saturated rings. The standard InChI is InChI=1S/C7H4BrN3OS/c8-4-1-2-9-5(3-4)6-10-11-7(12)13-6/h1-3H,(H,11,12). The number of H-pyrrole nitrogens is 1. The Morgan fingerprint density at radius 1 is 1.54 bits per heavy atom. The summed E-state index contributed by atoms with van der Waals surface area (Å²) in [5.74, 6) is 0. The number of hydrogen-bond donors (Lipinski definition) is 1. The van der Waals surface area contributed by atoms with E-state index in [2.05, 4.69) is 31.1 Å². The predicted octanol–water partition coefficient (Wildman–Crippen LogP) is 1.66. The van der Waals surface area contributed by atoms with Gasteiger partial charge in [0, 0.05) is 10.7 Å². The first-order valence-corrected chi connectivity index (χ1v) is 5.04. The lowest BCUT2D eigenvalue weighted by molar-refractivity contribution is 1.05. The van der Waals surface area contributed by atoms with Crippen LogP contribution in [0.5, 0.6) is 0 Å². The Bertz CT molecular complexity index is 478. The van der Waals surface area contributed by atoms with E-state index >= 15 is 0 Å². The minimum Gasteiger partial charge on any atom is -0.255 e. The summed E-state index contributed by atoms with van der Waals surface area (Å²) in [7, 11) is 0. The smallest absolute Gasteiger partial charge is 0.255 e. The monoisotopic (exact) mass is 257 g/mol. The first-order valence-electron chi connectivity index (χ1n) is 3.43. The summed E-state index contributed by atoms with van der Waals surface area (Å²) in [6.07, 6.45) is 1.66. The Kier molecular flexibility index (Phi) is 2.24. The predicted molar refractivity (Wildman–Crippen MR) is 53.7 cm³/mol. The molecule has 0 aromatic carbocycles. The van der Waals surface area contributed by atoms with Gasteiger partial charge in [-0.3, -0.25) is 9.78 Å². The van der Waals surface area contributed by atoms with Gasteiger partial charge in [-0.1, -0.05) is 27.3 Å². The molecular formula is C7H4BrN3OS. The Morgan fingerprint density at radius 3 is 3.00 bits per heavy atom. The van der Waals surface area contributed by atoms with Crippen molar-refractivity contribution >= 4 is 27.3 Å². The molecule has 2 rings (SSSR count). The zero-order valence-electron chi connectivity index (χ0n) is 6.32. The molecule has 0 bridgehead atoms. The van der Waals surface area contributed by atoms with Gasteiger partial charge in [-0.25, -0.2) is 5.10 Å². The fraction of sp³-hybridized carbons (Fsp3) is 0. The van der Waals surface area contributed by atoms with E-state index in [1.54, 1.807) is 6.20 Å². The summed E-state index contributed by atoms with van der Waals surface area (Å²) in [4.78, 5) is 14.7. The van der Waals surface area contributed by atoms with Gasteiger partial charge in [0.1, 0.15) is 5.69 Å². The van der Waals surface area contributed by atoms with Gasteiger partial charge in [0.2, 0.25) is 0 Å². The SMILES string of the molecule is O=c1[nH]nc(-c2cc(Br)ccn2)s1. The number of aromatic nitrogens is 3. The summed E-state index contributed by atoms with van der Waals surface area (Å²) in [5, 5.41) is 6.77. The minimum atomic E-state index is -0.170. The third-order valence-corrected chi connectivity index (χ3v) is 2.64. The van der Waals surface area contributed by atoms with Crippen LogP contribution in [-0.2, 0) is 0 Å². The van der Waals surface area contributed by atoms with E-state index in [9.17, 15) is 4.79 Å². The van der Waals surface area contributed by atoms with Gasteiger partial charge >= 0.3 is 4.87 Å². The number of rotatable bonds is 1. The molecule has 0 amide bonds. The van der Waals surface area contributed by atoms with Crippen molar-refractivity contribution in [3.63, 3.8) is 0 Å². The van der Waals surface area contributed by atoms with Gasteiger partial charge in [-0.05, 0) is 12.1 Å². The normalized spacial score (nSPS) is 10.2. The second-order valence-corrected chi connectivity index (χ2v) is 4.15. The average molecular weight is 258 g/mol. The molecule has 2 heterocycles. The lowest BCUT2D eigenvalue weighted by Crippen LogP contribution is -1.90. The first kappa shape index (κ1) is 8.58. The van der Waals surface area contributed by atoms with E-state index in [4.69, 9.17) is 0 Å². The van der Waals surface area contributed by atoms with Gasteiger partial charge in [0.15, 0.2) is 5.01 Å². The maximum Gasteiger partial charge on any atom is 0.322 e. The van der Waals surface area contributed by atoms with Crippen molar-refractivity contribution in [2.24, 2.45) is 0 Å². The van der Waals surface area contributed by atoms with Gasteiger partial charge in [-0.2, -0.15) is 5.10 Å². The number of aromatic amines is 1. The molecule has 0 aliphatic rings. The van der Waals surface area contributed by atoms with Crippen LogP contribution in [0.25, 0.3) is 10.7 Å². The molecule has 0 aliphatic carbocycles. The summed E-state index contributed by atoms with van der Waals surface area (Å²) in [6, 6.07) is 3.63. The molecule has 6 heteroatoms. The molecule has 0 radical (unpaired) electrons. The summed E-state index contributed by atoms with van der Waals surface area (Å²) < 4.78 is 0.917. The van der Waals surface area contributed by atoms with Gasteiger partial charge in [-0.15, -0.1) is 0 Å². The molecule has 0 saturated heterocycles. The van der Waals surface area contributed by atoms with Gasteiger partial charge < -0.3 is 0 Å². The Balaban J connectivity index is 2.52. The summed E-state index contributed by atoms with van der Waals surface area (Å²) in [5.41, 5.74) is 0.692. The van der Waals surface area contributed by atoms with Crippen molar-refractivity contribution in [2.45, 2.75) is 0 Å². The van der Waals surface area contributed by atoms with Crippen LogP contribution in [0.15, 0.2) is 27.6 Å². The van der Waals surface area contributed by atoms with E-state index < -0.39 is 0 Å². The van der Waals surface area contributed by atoms with Crippen LogP contribution in [0.1, 0.15) is 0 Å². The van der Waals surface area contributed by atoms with Crippen LogP contribution in [0.2, 0.25) is 0 Å². The van der Waals surface area contributed by atoms with Crippen molar-refractivity contribution in [3.8, 4) is 10.7 Å². The van der Waals surface area contributed by atoms with E-state index in [1.165, 1.54) is 0 Å². The maximum atomic E-state index is 10.8. The van der Waals surface area contributed by atoms with E-state index in [-0.39, 0.29) is 4.87 Å². The second-order valence-electron chi connectivity index (χ2n) is 2.28. The summed E-state index contributed by atoms with van der Waals surface area (Å²) in [6.45, 7) is 0. The van der Waals surface area contributed by atoms with E-state index in [0.717, 1.165) is 15.8 Å². The molecule has 0 unspecified atom stereocenters. The zero-order chi connectivity index (χ0) is 9.26. The zero-order valence-corrected chi connectivity index (χ0v) is 8.72. The van der Waals surface area contributed by atoms with Gasteiger partial charge in [0.05, 0.1) is 0 Å². The number of nitrogens with zero attached hydrogens (tertiary/aromatic N) is 2. The van der Waals surface area contributed by atoms with E-state index in [1.807, 2.05) is 12.1 Å². The van der Waals surface area contributed by atoms with Crippen LogP contribution in [-0.4, -0.2) is 15.2 Å². The molecule has 2 aromatic heterocycles. The third-order valence-electron chi connectivity index (χ3n) is 1.38. The molecule has 2 aromatic rings. The van der Waals surface area contributed by atoms with Crippen LogP contribution in [0.4, 0.5) is 0 Å². The van der Waals surface area contributed by atoms with Gasteiger partial charge in [0.25, 0.3) is 0 Å². The Labute approximate surface area is 85.8 Å². The lowest BCUT2D eigenvalue weighted by Gasteiger charge is -1.93. The second kappa shape index (κ2) is 3.39. The van der Waals surface area contributed by atoms with Crippen molar-refractivity contribution in [2.75, 3.05) is 0 Å². The molecular weight excluding hydrogens is 254 g/mol. The van der Waals surface area contributed by atoms with Crippen molar-refractivity contribution in [1.29, 1.82) is 0 Å². The molecule has 1 N–H and O–H groups in total. The maximum absolute atomic E-state index is 10.8. The van der Waals surface area contributed by atoms with Crippen molar-refractivity contribution in [3.05, 3.63) is 32.5 Å². The third kappa shape index (κ3) is 1.84. The number of hydrogen-bond acceptors (Lipinski definition) is 4. The number of halogens is 1. The van der Waals surface area contributed by atoms with E-state index in [0.29, 0.717) is 10.7 Å². The quantitative estimate of drug-likeness (QED) is 0.846. The minimum absolute atomic E-state index is 0.170. The summed E-state index contributed by atoms with van der Waals surface area (Å²) >= 11 is 4.36. The molecule has 13 heavy (non-hydrogen) atoms. The Morgan fingerprint density at radius 2 is 2.38 bits per heavy atom. The first-order chi connectivity index (χ1) is 6.25. The fourth-order valence-electron chi connectivity index (χ4n) is 0.861. The molecule has 4 nitrogen and oxygen atoms in total. The lowest BCUT2D eigenvalue weighted by atomic mass is 10.4. The highest BCUT2D eigenvalue weighted by Crippen LogP contribution is 2.19. The molecule has 0 spiro atoms. The highest BCUT2D eigenvalue weighted by atomic mass is 79.9. The Hall–Kier alpha value is -1.01. The van der Waals surface area contributed by atoms with Crippen molar-refractivity contribution in [1.82, 2.24) is 15.2 Å². The average Bonchev–Trinajstić information content (AvgIpc) is 2.52. The topological polar surface area (TPSA) is 58.6 Å². The largest absolute Gasteiger partial charge is 0.322 e. The van der Waals surface area contributed by atoms with Crippen LogP contribution in [0, 0.1) is 0 Å². The number of nitrogens with one attached hydrogen (secondary N) is 1. The van der Waals surface area contributed by atoms with Crippen LogP contribution >= 0.6 is 27.3 Å². The van der Waals surface area contributed by atoms with Crippen LogP contribution < -0.4 is 4.87 Å². The number of pyridine rings is 1. The van der Waals surface area contributed by atoms with Crippen molar-refractivity contribution < 1.29 is 0 Å². The highest BCUT2D eigenvalue weighted by molar-refractivity contribution is 9.10. The fourth-order valence-corrected chi connectivity index (χ4v) is 1.77. The molecule has 0 aliphatic heterocycles. The molecule has 0 saturated carbocycles.